The van der Waals surface area contributed by atoms with Crippen LogP contribution in [0, 0.1) is 6.92 Å². The third-order valence-corrected chi connectivity index (χ3v) is 5.40. The molecule has 0 unspecified atom stereocenters. The molecule has 0 aromatic heterocycles. The smallest absolute Gasteiger partial charge is 0.198 e. The zero-order valence-corrected chi connectivity index (χ0v) is 18.5. The number of benzene rings is 2. The van der Waals surface area contributed by atoms with E-state index in [0.717, 1.165) is 5.57 Å². The number of phenols is 2. The van der Waals surface area contributed by atoms with Crippen LogP contribution in [0.5, 0.6) is 17.2 Å². The second-order valence-corrected chi connectivity index (χ2v) is 8.65. The second kappa shape index (κ2) is 8.55. The Kier molecular flexibility index (Phi) is 6.23. The van der Waals surface area contributed by atoms with Crippen molar-refractivity contribution in [1.82, 2.24) is 0 Å². The molecule has 2 aromatic carbocycles. The third-order valence-electron chi connectivity index (χ3n) is 5.40. The number of ether oxygens (including phenoxy) is 2. The summed E-state index contributed by atoms with van der Waals surface area (Å²) in [5, 5.41) is 21.0. The Morgan fingerprint density at radius 3 is 2.48 bits per heavy atom. The number of ketones is 1. The van der Waals surface area contributed by atoms with Gasteiger partial charge in [0, 0.05) is 5.56 Å². The van der Waals surface area contributed by atoms with Gasteiger partial charge in [-0.1, -0.05) is 17.7 Å². The van der Waals surface area contributed by atoms with Crippen molar-refractivity contribution in [2.45, 2.75) is 52.7 Å². The van der Waals surface area contributed by atoms with Crippen molar-refractivity contribution in [3.8, 4) is 17.2 Å². The number of phenolic OH excluding ortho intramolecular Hbond substituents is 2. The molecule has 6 heteroatoms. The summed E-state index contributed by atoms with van der Waals surface area (Å²) >= 11 is 0. The van der Waals surface area contributed by atoms with Crippen molar-refractivity contribution in [2.75, 3.05) is 6.61 Å². The van der Waals surface area contributed by atoms with Gasteiger partial charge in [-0.05, 0) is 70.4 Å². The maximum absolute atomic E-state index is 13.5. The highest BCUT2D eigenvalue weighted by Gasteiger charge is 2.48. The first kappa shape index (κ1) is 22.6. The van der Waals surface area contributed by atoms with Crippen molar-refractivity contribution in [1.29, 1.82) is 0 Å². The van der Waals surface area contributed by atoms with Crippen LogP contribution in [0.4, 0.5) is 0 Å². The number of aryl methyl sites for hydroxylation is 1. The van der Waals surface area contributed by atoms with Crippen LogP contribution in [-0.4, -0.2) is 40.6 Å². The highest BCUT2D eigenvalue weighted by atomic mass is 16.6. The molecular formula is C25H28O6. The molecule has 0 radical (unpaired) electrons. The summed E-state index contributed by atoms with van der Waals surface area (Å²) in [5.74, 6) is -0.962. The van der Waals surface area contributed by atoms with Crippen molar-refractivity contribution < 1.29 is 29.3 Å². The van der Waals surface area contributed by atoms with Gasteiger partial charge in [-0.15, -0.1) is 0 Å². The summed E-state index contributed by atoms with van der Waals surface area (Å²) in [4.78, 5) is 25.2. The van der Waals surface area contributed by atoms with Crippen molar-refractivity contribution in [2.24, 2.45) is 0 Å². The Bertz CT molecular complexity index is 1060. The summed E-state index contributed by atoms with van der Waals surface area (Å²) in [5.41, 5.74) is 2.08. The standard InChI is InChI=1S/C25H28O6/c1-14(2)6-7-16-8-9-19(27)18(12-26)22(16)24(29)17-10-15(3)11-20(23(17)28)30-13-21-25(4,5)31-21/h6,8-12,21,27-28H,7,13H2,1-5H3/t21-/m0/s1. The summed E-state index contributed by atoms with van der Waals surface area (Å²) in [6.07, 6.45) is 2.72. The third kappa shape index (κ3) is 4.80. The van der Waals surface area contributed by atoms with Crippen LogP contribution in [0.25, 0.3) is 0 Å². The Labute approximate surface area is 182 Å². The van der Waals surface area contributed by atoms with E-state index in [-0.39, 0.29) is 52.3 Å². The fourth-order valence-electron chi connectivity index (χ4n) is 3.42. The number of aromatic hydroxyl groups is 2. The van der Waals surface area contributed by atoms with E-state index in [1.54, 1.807) is 25.1 Å². The Morgan fingerprint density at radius 1 is 1.23 bits per heavy atom. The molecule has 3 rings (SSSR count). The van der Waals surface area contributed by atoms with E-state index < -0.39 is 5.78 Å². The number of carbonyl (C=O) groups is 2. The highest BCUT2D eigenvalue weighted by molar-refractivity contribution is 6.16. The summed E-state index contributed by atoms with van der Waals surface area (Å²) in [7, 11) is 0. The van der Waals surface area contributed by atoms with E-state index in [0.29, 0.717) is 23.8 Å². The predicted octanol–water partition coefficient (Wildman–Crippen LogP) is 4.51. The predicted molar refractivity (Wildman–Crippen MR) is 117 cm³/mol. The number of aldehydes is 1. The van der Waals surface area contributed by atoms with Crippen LogP contribution < -0.4 is 4.74 Å². The van der Waals surface area contributed by atoms with E-state index in [9.17, 15) is 19.8 Å². The lowest BCUT2D eigenvalue weighted by molar-refractivity contribution is 0.102. The lowest BCUT2D eigenvalue weighted by Crippen LogP contribution is -2.14. The van der Waals surface area contributed by atoms with Crippen LogP contribution in [0.2, 0.25) is 0 Å². The van der Waals surface area contributed by atoms with Gasteiger partial charge in [0.15, 0.2) is 23.6 Å². The molecule has 1 heterocycles. The van der Waals surface area contributed by atoms with Crippen molar-refractivity contribution in [3.63, 3.8) is 0 Å². The normalized spacial score (nSPS) is 16.5. The van der Waals surface area contributed by atoms with Gasteiger partial charge in [0.25, 0.3) is 0 Å². The largest absolute Gasteiger partial charge is 0.507 e. The molecule has 31 heavy (non-hydrogen) atoms. The number of hydrogen-bond acceptors (Lipinski definition) is 6. The Hall–Kier alpha value is -3.12. The Balaban J connectivity index is 2.03. The number of hydrogen-bond donors (Lipinski definition) is 2. The monoisotopic (exact) mass is 424 g/mol. The van der Waals surface area contributed by atoms with E-state index >= 15 is 0 Å². The Morgan fingerprint density at radius 2 is 1.90 bits per heavy atom. The highest BCUT2D eigenvalue weighted by Crippen LogP contribution is 2.39. The maximum Gasteiger partial charge on any atom is 0.198 e. The molecule has 0 saturated carbocycles. The van der Waals surface area contributed by atoms with Gasteiger partial charge in [0.05, 0.1) is 16.7 Å². The van der Waals surface area contributed by atoms with Gasteiger partial charge >= 0.3 is 0 Å². The average Bonchev–Trinajstić information content (AvgIpc) is 3.32. The average molecular weight is 424 g/mol. The molecule has 1 fully saturated rings. The van der Waals surface area contributed by atoms with Crippen LogP contribution in [0.15, 0.2) is 35.9 Å². The molecule has 0 aliphatic carbocycles. The van der Waals surface area contributed by atoms with Gasteiger partial charge < -0.3 is 19.7 Å². The molecular weight excluding hydrogens is 396 g/mol. The minimum absolute atomic E-state index is 0.0122. The van der Waals surface area contributed by atoms with Crippen LogP contribution in [0.3, 0.4) is 0 Å². The lowest BCUT2D eigenvalue weighted by Gasteiger charge is -2.15. The number of allylic oxidation sites excluding steroid dienone is 2. The van der Waals surface area contributed by atoms with E-state index in [4.69, 9.17) is 9.47 Å². The fraction of sp³-hybridized carbons (Fsp3) is 0.360. The first-order valence-electron chi connectivity index (χ1n) is 10.2. The van der Waals surface area contributed by atoms with Gasteiger partial charge in [-0.25, -0.2) is 0 Å². The molecule has 2 N–H and O–H groups in total. The van der Waals surface area contributed by atoms with Gasteiger partial charge in [-0.2, -0.15) is 0 Å². The molecule has 1 atom stereocenters. The molecule has 6 nitrogen and oxygen atoms in total. The van der Waals surface area contributed by atoms with E-state index in [2.05, 4.69) is 0 Å². The first-order chi connectivity index (χ1) is 14.5. The summed E-state index contributed by atoms with van der Waals surface area (Å²) in [6.45, 7) is 9.79. The zero-order chi connectivity index (χ0) is 22.9. The minimum Gasteiger partial charge on any atom is -0.507 e. The minimum atomic E-state index is -0.552. The summed E-state index contributed by atoms with van der Waals surface area (Å²) < 4.78 is 11.2. The molecule has 2 aromatic rings. The molecule has 1 aliphatic heterocycles. The van der Waals surface area contributed by atoms with Crippen LogP contribution >= 0.6 is 0 Å². The lowest BCUT2D eigenvalue weighted by atomic mass is 9.90. The van der Waals surface area contributed by atoms with Crippen molar-refractivity contribution >= 4 is 12.1 Å². The maximum atomic E-state index is 13.5. The van der Waals surface area contributed by atoms with Gasteiger partial charge in [-0.3, -0.25) is 9.59 Å². The van der Waals surface area contributed by atoms with E-state index in [1.807, 2.05) is 33.8 Å². The topological polar surface area (TPSA) is 96.4 Å². The molecule has 1 saturated heterocycles. The van der Waals surface area contributed by atoms with Gasteiger partial charge in [0.1, 0.15) is 18.5 Å². The molecule has 0 spiro atoms. The van der Waals surface area contributed by atoms with Gasteiger partial charge in [0.2, 0.25) is 0 Å². The number of epoxide rings is 1. The molecule has 164 valence electrons. The molecule has 1 aliphatic rings. The van der Waals surface area contributed by atoms with Crippen molar-refractivity contribution in [3.05, 3.63) is 63.7 Å². The van der Waals surface area contributed by atoms with Crippen LogP contribution in [-0.2, 0) is 11.2 Å². The quantitative estimate of drug-likeness (QED) is 0.280. The summed E-state index contributed by atoms with van der Waals surface area (Å²) in [6, 6.07) is 6.21. The van der Waals surface area contributed by atoms with Crippen LogP contribution in [0.1, 0.15) is 65.1 Å². The fourth-order valence-corrected chi connectivity index (χ4v) is 3.42. The first-order valence-corrected chi connectivity index (χ1v) is 10.2. The SMILES string of the molecule is CC(C)=CCc1ccc(O)c(C=O)c1C(=O)c1cc(C)cc(OC[C@@H]2OC2(C)C)c1O. The number of rotatable bonds is 8. The number of carbonyl (C=O) groups excluding carboxylic acids is 2. The second-order valence-electron chi connectivity index (χ2n) is 8.65. The molecule has 0 bridgehead atoms. The van der Waals surface area contributed by atoms with E-state index in [1.165, 1.54) is 6.07 Å². The zero-order valence-electron chi connectivity index (χ0n) is 18.5. The molecule has 0 amide bonds.